The summed E-state index contributed by atoms with van der Waals surface area (Å²) in [4.78, 5) is 25.1. The molecular formula is C25H29NO5. The molecule has 164 valence electrons. The summed E-state index contributed by atoms with van der Waals surface area (Å²) in [6.07, 6.45) is 0.500. The summed E-state index contributed by atoms with van der Waals surface area (Å²) in [7, 11) is 1.63. The number of amides is 1. The summed E-state index contributed by atoms with van der Waals surface area (Å²) >= 11 is 0. The first-order valence-corrected chi connectivity index (χ1v) is 10.4. The number of benzene rings is 2. The third-order valence-electron chi connectivity index (χ3n) is 5.21. The summed E-state index contributed by atoms with van der Waals surface area (Å²) in [6, 6.07) is 13.5. The minimum absolute atomic E-state index is 0.203. The van der Waals surface area contributed by atoms with Crippen LogP contribution in [-0.4, -0.2) is 32.3 Å². The SMILES string of the molecule is COCCCNC(=O)[C@@H](C)Oc1cc(C)cc2oc(=O)c(Cc3ccccc3)c(C)c12. The number of methoxy groups -OCH3 is 1. The van der Waals surface area contributed by atoms with Gasteiger partial charge in [-0.1, -0.05) is 30.3 Å². The monoisotopic (exact) mass is 423 g/mol. The van der Waals surface area contributed by atoms with E-state index in [4.69, 9.17) is 13.9 Å². The molecule has 1 aromatic heterocycles. The Morgan fingerprint density at radius 2 is 1.90 bits per heavy atom. The molecule has 1 atom stereocenters. The van der Waals surface area contributed by atoms with Crippen LogP contribution in [0.1, 0.15) is 35.6 Å². The number of fused-ring (bicyclic) bond motifs is 1. The lowest BCUT2D eigenvalue weighted by Gasteiger charge is -2.18. The molecule has 2 aromatic carbocycles. The van der Waals surface area contributed by atoms with Crippen molar-refractivity contribution in [2.75, 3.05) is 20.3 Å². The van der Waals surface area contributed by atoms with Crippen LogP contribution in [0.2, 0.25) is 0 Å². The zero-order valence-electron chi connectivity index (χ0n) is 18.5. The highest BCUT2D eigenvalue weighted by Gasteiger charge is 2.20. The third kappa shape index (κ3) is 5.52. The van der Waals surface area contributed by atoms with Gasteiger partial charge in [0, 0.05) is 32.2 Å². The van der Waals surface area contributed by atoms with Gasteiger partial charge >= 0.3 is 5.63 Å². The van der Waals surface area contributed by atoms with Gasteiger partial charge in [0.05, 0.1) is 5.39 Å². The average molecular weight is 424 g/mol. The third-order valence-corrected chi connectivity index (χ3v) is 5.21. The van der Waals surface area contributed by atoms with Gasteiger partial charge in [0.15, 0.2) is 6.10 Å². The molecule has 0 aliphatic carbocycles. The Morgan fingerprint density at radius 3 is 2.61 bits per heavy atom. The van der Waals surface area contributed by atoms with Crippen LogP contribution in [-0.2, 0) is 16.0 Å². The number of hydrogen-bond acceptors (Lipinski definition) is 5. The largest absolute Gasteiger partial charge is 0.480 e. The van der Waals surface area contributed by atoms with Gasteiger partial charge in [0.2, 0.25) is 0 Å². The first kappa shape index (κ1) is 22.6. The first-order chi connectivity index (χ1) is 14.9. The smallest absolute Gasteiger partial charge is 0.340 e. The molecule has 3 aromatic rings. The summed E-state index contributed by atoms with van der Waals surface area (Å²) in [5.41, 5.74) is 3.41. The second-order valence-corrected chi connectivity index (χ2v) is 7.69. The van der Waals surface area contributed by atoms with Crippen LogP contribution in [0.4, 0.5) is 0 Å². The van der Waals surface area contributed by atoms with Crippen LogP contribution in [0.15, 0.2) is 51.7 Å². The molecule has 0 radical (unpaired) electrons. The van der Waals surface area contributed by atoms with E-state index >= 15 is 0 Å². The van der Waals surface area contributed by atoms with Crippen molar-refractivity contribution in [2.45, 2.75) is 39.7 Å². The predicted octanol–water partition coefficient (Wildman–Crippen LogP) is 3.92. The van der Waals surface area contributed by atoms with Gasteiger partial charge in [-0.3, -0.25) is 4.79 Å². The molecule has 0 spiro atoms. The number of nitrogens with one attached hydrogen (secondary N) is 1. The first-order valence-electron chi connectivity index (χ1n) is 10.4. The number of carbonyl (C=O) groups is 1. The molecule has 3 rings (SSSR count). The minimum Gasteiger partial charge on any atom is -0.480 e. The Labute approximate surface area is 182 Å². The quantitative estimate of drug-likeness (QED) is 0.417. The molecule has 6 nitrogen and oxygen atoms in total. The van der Waals surface area contributed by atoms with Crippen molar-refractivity contribution in [2.24, 2.45) is 0 Å². The molecule has 0 fully saturated rings. The fourth-order valence-corrected chi connectivity index (χ4v) is 3.55. The maximum absolute atomic E-state index is 12.7. The van der Waals surface area contributed by atoms with Gasteiger partial charge in [-0.15, -0.1) is 0 Å². The maximum atomic E-state index is 12.7. The molecule has 0 aliphatic rings. The molecule has 1 amide bonds. The molecule has 0 aliphatic heterocycles. The van der Waals surface area contributed by atoms with Crippen molar-refractivity contribution in [1.82, 2.24) is 5.32 Å². The van der Waals surface area contributed by atoms with Crippen LogP contribution >= 0.6 is 0 Å². The Kier molecular flexibility index (Phi) is 7.47. The van der Waals surface area contributed by atoms with Crippen LogP contribution in [0, 0.1) is 13.8 Å². The van der Waals surface area contributed by atoms with E-state index in [0.29, 0.717) is 36.5 Å². The van der Waals surface area contributed by atoms with Crippen molar-refractivity contribution in [3.8, 4) is 5.75 Å². The van der Waals surface area contributed by atoms with Gasteiger partial charge in [-0.05, 0) is 56.0 Å². The van der Waals surface area contributed by atoms with E-state index in [1.165, 1.54) is 0 Å². The van der Waals surface area contributed by atoms with Gasteiger partial charge in [0.25, 0.3) is 5.91 Å². The lowest BCUT2D eigenvalue weighted by molar-refractivity contribution is -0.127. The summed E-state index contributed by atoms with van der Waals surface area (Å²) < 4.78 is 16.7. The zero-order valence-corrected chi connectivity index (χ0v) is 18.5. The van der Waals surface area contributed by atoms with E-state index in [-0.39, 0.29) is 11.5 Å². The van der Waals surface area contributed by atoms with Crippen LogP contribution in [0.5, 0.6) is 5.75 Å². The van der Waals surface area contributed by atoms with E-state index < -0.39 is 6.10 Å². The molecule has 0 unspecified atom stereocenters. The highest BCUT2D eigenvalue weighted by atomic mass is 16.5. The molecular weight excluding hydrogens is 394 g/mol. The lowest BCUT2D eigenvalue weighted by Crippen LogP contribution is -2.37. The molecule has 0 saturated carbocycles. The summed E-state index contributed by atoms with van der Waals surface area (Å²) in [6.45, 7) is 6.61. The van der Waals surface area contributed by atoms with Crippen LogP contribution in [0.3, 0.4) is 0 Å². The van der Waals surface area contributed by atoms with Crippen molar-refractivity contribution in [3.05, 3.63) is 75.1 Å². The van der Waals surface area contributed by atoms with Crippen LogP contribution in [0.25, 0.3) is 11.0 Å². The number of carbonyl (C=O) groups excluding carboxylic acids is 1. The number of aryl methyl sites for hydroxylation is 2. The predicted molar refractivity (Wildman–Crippen MR) is 121 cm³/mol. The molecule has 31 heavy (non-hydrogen) atoms. The lowest BCUT2D eigenvalue weighted by atomic mass is 9.98. The van der Waals surface area contributed by atoms with Gasteiger partial charge in [0.1, 0.15) is 11.3 Å². The van der Waals surface area contributed by atoms with Crippen LogP contribution < -0.4 is 15.7 Å². The van der Waals surface area contributed by atoms with E-state index in [1.807, 2.05) is 56.3 Å². The average Bonchev–Trinajstić information content (AvgIpc) is 2.74. The Morgan fingerprint density at radius 1 is 1.16 bits per heavy atom. The molecule has 1 N–H and O–H groups in total. The Bertz CT molecular complexity index is 1100. The van der Waals surface area contributed by atoms with E-state index in [2.05, 4.69) is 5.32 Å². The molecule has 1 heterocycles. The number of ether oxygens (including phenoxy) is 2. The van der Waals surface area contributed by atoms with Gasteiger partial charge in [-0.2, -0.15) is 0 Å². The zero-order chi connectivity index (χ0) is 22.4. The molecule has 6 heteroatoms. The fraction of sp³-hybridized carbons (Fsp3) is 0.360. The highest BCUT2D eigenvalue weighted by molar-refractivity contribution is 5.89. The van der Waals surface area contributed by atoms with Crippen molar-refractivity contribution < 1.29 is 18.7 Å². The van der Waals surface area contributed by atoms with E-state index in [1.54, 1.807) is 14.0 Å². The van der Waals surface area contributed by atoms with Gasteiger partial charge in [-0.25, -0.2) is 4.79 Å². The maximum Gasteiger partial charge on any atom is 0.340 e. The summed E-state index contributed by atoms with van der Waals surface area (Å²) in [5.74, 6) is 0.329. The second kappa shape index (κ2) is 10.3. The summed E-state index contributed by atoms with van der Waals surface area (Å²) in [5, 5.41) is 3.57. The molecule has 0 saturated heterocycles. The van der Waals surface area contributed by atoms with Crippen molar-refractivity contribution in [1.29, 1.82) is 0 Å². The van der Waals surface area contributed by atoms with Crippen molar-refractivity contribution >= 4 is 16.9 Å². The number of rotatable bonds is 9. The van der Waals surface area contributed by atoms with Gasteiger partial charge < -0.3 is 19.2 Å². The topological polar surface area (TPSA) is 77.8 Å². The molecule has 0 bridgehead atoms. The normalized spacial score (nSPS) is 12.0. The van der Waals surface area contributed by atoms with E-state index in [9.17, 15) is 9.59 Å². The Balaban J connectivity index is 1.93. The second-order valence-electron chi connectivity index (χ2n) is 7.69. The standard InChI is InChI=1S/C25H29NO5/c1-16-13-21(30-18(3)24(27)26-11-8-12-29-4)23-17(2)20(25(28)31-22(23)14-16)15-19-9-6-5-7-10-19/h5-7,9-10,13-14,18H,8,11-12,15H2,1-4H3,(H,26,27)/t18-/m1/s1. The Hall–Kier alpha value is -3.12. The number of hydrogen-bond donors (Lipinski definition) is 1. The van der Waals surface area contributed by atoms with Crippen molar-refractivity contribution in [3.63, 3.8) is 0 Å². The highest BCUT2D eigenvalue weighted by Crippen LogP contribution is 2.32. The minimum atomic E-state index is -0.698. The van der Waals surface area contributed by atoms with E-state index in [0.717, 1.165) is 28.5 Å². The fourth-order valence-electron chi connectivity index (χ4n) is 3.55.